The van der Waals surface area contributed by atoms with Gasteiger partial charge in [0, 0.05) is 5.69 Å². The zero-order chi connectivity index (χ0) is 22.2. The van der Waals surface area contributed by atoms with Crippen LogP contribution in [0, 0.1) is 0 Å². The predicted octanol–water partition coefficient (Wildman–Crippen LogP) is 1.19. The van der Waals surface area contributed by atoms with Gasteiger partial charge in [0.15, 0.2) is 24.6 Å². The molecule has 8 nitrogen and oxygen atoms in total. The van der Waals surface area contributed by atoms with E-state index in [1.807, 2.05) is 32.0 Å². The molecule has 1 heterocycles. The Balaban J connectivity index is 1.49. The van der Waals surface area contributed by atoms with Gasteiger partial charge in [0.25, 0.3) is 11.8 Å². The number of carbonyl (C=O) groups excluding carboxylic acids is 2. The molecule has 0 spiro atoms. The monoisotopic (exact) mass is 428 g/mol. The highest BCUT2D eigenvalue weighted by atomic mass is 16.6. The molecular formula is C23H30N3O5+. The number of quaternary nitrogens is 1. The van der Waals surface area contributed by atoms with E-state index in [9.17, 15) is 9.59 Å². The van der Waals surface area contributed by atoms with Crippen molar-refractivity contribution < 1.29 is 28.7 Å². The van der Waals surface area contributed by atoms with Crippen LogP contribution in [0.4, 0.5) is 5.69 Å². The second kappa shape index (κ2) is 10.7. The first-order valence-electron chi connectivity index (χ1n) is 10.4. The van der Waals surface area contributed by atoms with Crippen molar-refractivity contribution in [2.75, 3.05) is 45.3 Å². The van der Waals surface area contributed by atoms with Gasteiger partial charge in [-0.2, -0.15) is 0 Å². The highest BCUT2D eigenvalue weighted by Crippen LogP contribution is 2.32. The lowest BCUT2D eigenvalue weighted by atomic mass is 10.1. The number of hydrogen-bond acceptors (Lipinski definition) is 5. The molecule has 0 aromatic heterocycles. The fourth-order valence-electron chi connectivity index (χ4n) is 3.35. The second-order valence-electron chi connectivity index (χ2n) is 7.43. The van der Waals surface area contributed by atoms with Crippen LogP contribution in [0.5, 0.6) is 17.2 Å². The van der Waals surface area contributed by atoms with E-state index >= 15 is 0 Å². The third-order valence-electron chi connectivity index (χ3n) is 5.14. The van der Waals surface area contributed by atoms with E-state index in [-0.39, 0.29) is 30.9 Å². The number of methoxy groups -OCH3 is 1. The molecule has 2 aromatic carbocycles. The summed E-state index contributed by atoms with van der Waals surface area (Å²) >= 11 is 0. The van der Waals surface area contributed by atoms with E-state index in [0.29, 0.717) is 31.2 Å². The summed E-state index contributed by atoms with van der Waals surface area (Å²) in [6.45, 7) is 6.00. The highest BCUT2D eigenvalue weighted by molar-refractivity contribution is 5.91. The first-order chi connectivity index (χ1) is 15.0. The molecule has 2 aromatic rings. The molecule has 2 amide bonds. The fourth-order valence-corrected chi connectivity index (χ4v) is 3.35. The van der Waals surface area contributed by atoms with Gasteiger partial charge in [0.05, 0.1) is 19.7 Å². The molecule has 1 unspecified atom stereocenters. The maximum atomic E-state index is 12.6. The topological polar surface area (TPSA) is 90.3 Å². The summed E-state index contributed by atoms with van der Waals surface area (Å²) in [6, 6.07) is 12.6. The van der Waals surface area contributed by atoms with Gasteiger partial charge >= 0.3 is 0 Å². The molecule has 3 rings (SSSR count). The van der Waals surface area contributed by atoms with Crippen LogP contribution in [-0.2, 0) is 9.59 Å². The summed E-state index contributed by atoms with van der Waals surface area (Å²) in [6.07, 6.45) is 0. The molecule has 166 valence electrons. The number of rotatable bonds is 9. The Morgan fingerprint density at radius 3 is 2.39 bits per heavy atom. The number of fused-ring (bicyclic) bond motifs is 1. The highest BCUT2D eigenvalue weighted by Gasteiger charge is 2.20. The molecule has 0 radical (unpaired) electrons. The van der Waals surface area contributed by atoms with Crippen LogP contribution in [0.3, 0.4) is 0 Å². The quantitative estimate of drug-likeness (QED) is 0.558. The fraction of sp³-hybridized carbons (Fsp3) is 0.391. The molecule has 0 saturated heterocycles. The Hall–Kier alpha value is -3.26. The van der Waals surface area contributed by atoms with Crippen LogP contribution < -0.4 is 29.7 Å². The Bertz CT molecular complexity index is 901. The summed E-state index contributed by atoms with van der Waals surface area (Å²) in [4.78, 5) is 25.8. The average molecular weight is 429 g/mol. The van der Waals surface area contributed by atoms with Gasteiger partial charge in [-0.15, -0.1) is 0 Å². The Morgan fingerprint density at radius 1 is 1.03 bits per heavy atom. The predicted molar refractivity (Wildman–Crippen MR) is 117 cm³/mol. The summed E-state index contributed by atoms with van der Waals surface area (Å²) < 4.78 is 16.3. The molecule has 0 bridgehead atoms. The van der Waals surface area contributed by atoms with E-state index in [1.165, 1.54) is 0 Å². The van der Waals surface area contributed by atoms with Gasteiger partial charge in [-0.3, -0.25) is 9.59 Å². The zero-order valence-corrected chi connectivity index (χ0v) is 18.2. The number of carbonyl (C=O) groups is 2. The molecule has 0 aliphatic carbocycles. The van der Waals surface area contributed by atoms with Crippen LogP contribution in [-0.4, -0.2) is 51.8 Å². The Kier molecular flexibility index (Phi) is 7.72. The van der Waals surface area contributed by atoms with Crippen LogP contribution in [0.1, 0.15) is 25.5 Å². The summed E-state index contributed by atoms with van der Waals surface area (Å²) in [5, 5.41) is 5.86. The Labute approximate surface area is 182 Å². The van der Waals surface area contributed by atoms with Crippen molar-refractivity contribution in [3.8, 4) is 17.2 Å². The number of anilines is 1. The van der Waals surface area contributed by atoms with Gasteiger partial charge in [-0.1, -0.05) is 6.07 Å². The maximum Gasteiger partial charge on any atom is 0.279 e. The van der Waals surface area contributed by atoms with Crippen molar-refractivity contribution in [2.24, 2.45) is 0 Å². The van der Waals surface area contributed by atoms with E-state index < -0.39 is 0 Å². The van der Waals surface area contributed by atoms with Crippen LogP contribution in [0.15, 0.2) is 42.5 Å². The minimum absolute atomic E-state index is 0.114. The summed E-state index contributed by atoms with van der Waals surface area (Å²) in [5.41, 5.74) is 1.63. The molecule has 2 atom stereocenters. The van der Waals surface area contributed by atoms with Crippen molar-refractivity contribution >= 4 is 17.5 Å². The van der Waals surface area contributed by atoms with E-state index in [2.05, 4.69) is 10.6 Å². The minimum Gasteiger partial charge on any atom is -0.497 e. The largest absolute Gasteiger partial charge is 0.497 e. The van der Waals surface area contributed by atoms with E-state index in [4.69, 9.17) is 14.2 Å². The van der Waals surface area contributed by atoms with E-state index in [1.54, 1.807) is 31.4 Å². The van der Waals surface area contributed by atoms with Crippen LogP contribution in [0.25, 0.3) is 0 Å². The molecule has 3 N–H and O–H groups in total. The number of benzene rings is 2. The summed E-state index contributed by atoms with van der Waals surface area (Å²) in [5.74, 6) is 1.88. The van der Waals surface area contributed by atoms with Gasteiger partial charge < -0.3 is 29.7 Å². The number of likely N-dealkylation sites (N-methyl/N-ethyl adjacent to an activating group) is 1. The standard InChI is InChI=1S/C23H29N3O5/c1-4-26(15-23(28)25-18-6-8-19(29-3)9-7-18)14-22(27)24-16(2)17-5-10-20-21(13-17)31-12-11-30-20/h5-10,13,16H,4,11-12,14-15H2,1-3H3,(H,24,27)(H,25,28)/p+1/t16-/m0/s1. The first kappa shape index (κ1) is 22.4. The lowest BCUT2D eigenvalue weighted by Gasteiger charge is -2.22. The minimum atomic E-state index is -0.186. The van der Waals surface area contributed by atoms with Gasteiger partial charge in [0.1, 0.15) is 19.0 Å². The molecule has 0 saturated carbocycles. The van der Waals surface area contributed by atoms with Crippen molar-refractivity contribution in [1.82, 2.24) is 5.32 Å². The number of nitrogens with one attached hydrogen (secondary N) is 3. The molecule has 31 heavy (non-hydrogen) atoms. The number of ether oxygens (including phenoxy) is 3. The van der Waals surface area contributed by atoms with Crippen molar-refractivity contribution in [1.29, 1.82) is 0 Å². The van der Waals surface area contributed by atoms with Crippen LogP contribution in [0.2, 0.25) is 0 Å². The van der Waals surface area contributed by atoms with Crippen molar-refractivity contribution in [3.05, 3.63) is 48.0 Å². The van der Waals surface area contributed by atoms with Crippen molar-refractivity contribution in [2.45, 2.75) is 19.9 Å². The smallest absolute Gasteiger partial charge is 0.279 e. The van der Waals surface area contributed by atoms with Gasteiger partial charge in [0.2, 0.25) is 0 Å². The summed E-state index contributed by atoms with van der Waals surface area (Å²) in [7, 11) is 1.59. The van der Waals surface area contributed by atoms with Gasteiger partial charge in [-0.25, -0.2) is 0 Å². The number of amides is 2. The average Bonchev–Trinajstić information content (AvgIpc) is 2.78. The molecule has 1 aliphatic rings. The molecule has 1 aliphatic heterocycles. The Morgan fingerprint density at radius 2 is 1.71 bits per heavy atom. The SMILES string of the molecule is CC[NH+](CC(=O)Nc1ccc(OC)cc1)CC(=O)N[C@@H](C)c1ccc2c(c1)OCCO2. The lowest BCUT2D eigenvalue weighted by Crippen LogP contribution is -3.14. The molecular weight excluding hydrogens is 398 g/mol. The third-order valence-corrected chi connectivity index (χ3v) is 5.14. The number of hydrogen-bond donors (Lipinski definition) is 3. The van der Waals surface area contributed by atoms with Crippen LogP contribution >= 0.6 is 0 Å². The van der Waals surface area contributed by atoms with Gasteiger partial charge in [-0.05, 0) is 55.8 Å². The zero-order valence-electron chi connectivity index (χ0n) is 18.2. The lowest BCUT2D eigenvalue weighted by molar-refractivity contribution is -0.881. The molecule has 0 fully saturated rings. The third kappa shape index (κ3) is 6.36. The van der Waals surface area contributed by atoms with E-state index in [0.717, 1.165) is 22.0 Å². The maximum absolute atomic E-state index is 12.6. The van der Waals surface area contributed by atoms with Crippen molar-refractivity contribution in [3.63, 3.8) is 0 Å². The first-order valence-corrected chi connectivity index (χ1v) is 10.4. The normalized spacial score (nSPS) is 14.3. The second-order valence-corrected chi connectivity index (χ2v) is 7.43. The molecule has 8 heteroatoms.